The second-order valence-electron chi connectivity index (χ2n) is 6.45. The van der Waals surface area contributed by atoms with Crippen LogP contribution in [0.15, 0.2) is 0 Å². The molecule has 4 nitrogen and oxygen atoms in total. The van der Waals surface area contributed by atoms with E-state index < -0.39 is 0 Å². The first-order chi connectivity index (χ1) is 9.59. The number of nitrogens with one attached hydrogen (secondary N) is 1. The first-order valence-corrected chi connectivity index (χ1v) is 8.12. The molecule has 4 heteroatoms. The molecule has 2 aliphatic heterocycles. The Hall–Kier alpha value is -0.160. The molecule has 2 heterocycles. The van der Waals surface area contributed by atoms with Crippen LogP contribution in [0, 0.1) is 5.92 Å². The standard InChI is InChI=1S/C16H31NO3/c1-5-15(3,19-6-2)14(17-4)13-7-9-20-16(11-13)8-10-18-12-16/h13-14,17H,5-12H2,1-4H3. The minimum absolute atomic E-state index is 0.0289. The van der Waals surface area contributed by atoms with Crippen LogP contribution in [0.1, 0.15) is 46.5 Å². The molecule has 0 aromatic heterocycles. The fourth-order valence-electron chi connectivity index (χ4n) is 3.99. The van der Waals surface area contributed by atoms with Gasteiger partial charge in [0.05, 0.1) is 17.8 Å². The third-order valence-corrected chi connectivity index (χ3v) is 5.21. The lowest BCUT2D eigenvalue weighted by molar-refractivity contribution is -0.129. The van der Waals surface area contributed by atoms with Crippen LogP contribution in [-0.4, -0.2) is 50.7 Å². The highest BCUT2D eigenvalue weighted by atomic mass is 16.6. The van der Waals surface area contributed by atoms with Gasteiger partial charge in [-0.15, -0.1) is 0 Å². The summed E-state index contributed by atoms with van der Waals surface area (Å²) in [5, 5.41) is 3.53. The molecule has 2 rings (SSSR count). The Kier molecular flexibility index (Phi) is 5.46. The van der Waals surface area contributed by atoms with Crippen molar-refractivity contribution in [2.45, 2.75) is 63.7 Å². The maximum atomic E-state index is 6.10. The highest BCUT2D eigenvalue weighted by molar-refractivity contribution is 4.99. The van der Waals surface area contributed by atoms with E-state index in [2.05, 4.69) is 33.1 Å². The summed E-state index contributed by atoms with van der Waals surface area (Å²) in [4.78, 5) is 0. The molecule has 1 spiro atoms. The molecule has 2 aliphatic rings. The van der Waals surface area contributed by atoms with Gasteiger partial charge in [0.15, 0.2) is 0 Å². The predicted octanol–water partition coefficient (Wildman–Crippen LogP) is 2.37. The molecule has 0 radical (unpaired) electrons. The normalized spacial score (nSPS) is 35.1. The van der Waals surface area contributed by atoms with Crippen LogP contribution < -0.4 is 5.32 Å². The molecule has 0 aromatic rings. The Balaban J connectivity index is 2.10. The van der Waals surface area contributed by atoms with Crippen LogP contribution in [-0.2, 0) is 14.2 Å². The molecule has 0 bridgehead atoms. The van der Waals surface area contributed by atoms with Gasteiger partial charge in [0.2, 0.25) is 0 Å². The van der Waals surface area contributed by atoms with E-state index in [1.165, 1.54) is 0 Å². The summed E-state index contributed by atoms with van der Waals surface area (Å²) in [5.41, 5.74) is -0.134. The fourth-order valence-corrected chi connectivity index (χ4v) is 3.99. The molecular formula is C16H31NO3. The van der Waals surface area contributed by atoms with Crippen LogP contribution in [0.4, 0.5) is 0 Å². The molecule has 4 unspecified atom stereocenters. The molecule has 1 N–H and O–H groups in total. The summed E-state index contributed by atoms with van der Waals surface area (Å²) in [5.74, 6) is 0.590. The molecule has 0 amide bonds. The maximum Gasteiger partial charge on any atom is 0.0939 e. The third kappa shape index (κ3) is 3.19. The second kappa shape index (κ2) is 6.73. The van der Waals surface area contributed by atoms with E-state index in [0.29, 0.717) is 12.0 Å². The summed E-state index contributed by atoms with van der Waals surface area (Å²) in [6.07, 6.45) is 4.25. The van der Waals surface area contributed by atoms with Crippen molar-refractivity contribution in [2.24, 2.45) is 5.92 Å². The maximum absolute atomic E-state index is 6.10. The quantitative estimate of drug-likeness (QED) is 0.813. The van der Waals surface area contributed by atoms with Crippen molar-refractivity contribution < 1.29 is 14.2 Å². The van der Waals surface area contributed by atoms with Gasteiger partial charge in [-0.2, -0.15) is 0 Å². The van der Waals surface area contributed by atoms with E-state index in [9.17, 15) is 0 Å². The third-order valence-electron chi connectivity index (χ3n) is 5.21. The lowest BCUT2D eigenvalue weighted by Crippen LogP contribution is -2.56. The van der Waals surface area contributed by atoms with Crippen LogP contribution >= 0.6 is 0 Å². The molecule has 20 heavy (non-hydrogen) atoms. The van der Waals surface area contributed by atoms with Gasteiger partial charge in [-0.25, -0.2) is 0 Å². The van der Waals surface area contributed by atoms with Gasteiger partial charge in [-0.3, -0.25) is 0 Å². The summed E-state index contributed by atoms with van der Waals surface area (Å²) in [6.45, 7) is 9.75. The van der Waals surface area contributed by atoms with E-state index in [0.717, 1.165) is 52.1 Å². The Morgan fingerprint density at radius 3 is 2.75 bits per heavy atom. The second-order valence-corrected chi connectivity index (χ2v) is 6.45. The summed E-state index contributed by atoms with van der Waals surface area (Å²) in [7, 11) is 2.06. The molecule has 0 saturated carbocycles. The number of likely N-dealkylation sites (N-methyl/N-ethyl adjacent to an activating group) is 1. The van der Waals surface area contributed by atoms with Crippen LogP contribution in [0.5, 0.6) is 0 Å². The van der Waals surface area contributed by atoms with Gasteiger partial charge < -0.3 is 19.5 Å². The average molecular weight is 285 g/mol. The zero-order chi connectivity index (χ0) is 14.6. The highest BCUT2D eigenvalue weighted by Crippen LogP contribution is 2.40. The smallest absolute Gasteiger partial charge is 0.0939 e. The van der Waals surface area contributed by atoms with Gasteiger partial charge >= 0.3 is 0 Å². The topological polar surface area (TPSA) is 39.7 Å². The highest BCUT2D eigenvalue weighted by Gasteiger charge is 2.46. The summed E-state index contributed by atoms with van der Waals surface area (Å²) in [6, 6.07) is 0.369. The van der Waals surface area contributed by atoms with Gasteiger partial charge in [0.1, 0.15) is 0 Å². The Bertz CT molecular complexity index is 304. The zero-order valence-electron chi connectivity index (χ0n) is 13.5. The van der Waals surface area contributed by atoms with Crippen molar-refractivity contribution in [3.63, 3.8) is 0 Å². The van der Waals surface area contributed by atoms with Crippen molar-refractivity contribution in [2.75, 3.05) is 33.5 Å². The number of hydrogen-bond acceptors (Lipinski definition) is 4. The number of rotatable bonds is 6. The van der Waals surface area contributed by atoms with Crippen molar-refractivity contribution in [1.29, 1.82) is 0 Å². The lowest BCUT2D eigenvalue weighted by Gasteiger charge is -2.46. The van der Waals surface area contributed by atoms with Crippen molar-refractivity contribution >= 4 is 0 Å². The van der Waals surface area contributed by atoms with Gasteiger partial charge in [-0.05, 0) is 46.1 Å². The molecule has 0 aliphatic carbocycles. The number of hydrogen-bond donors (Lipinski definition) is 1. The Labute approximate surface area is 123 Å². The molecule has 4 atom stereocenters. The van der Waals surface area contributed by atoms with Crippen molar-refractivity contribution in [3.8, 4) is 0 Å². The van der Waals surface area contributed by atoms with E-state index in [4.69, 9.17) is 14.2 Å². The van der Waals surface area contributed by atoms with Gasteiger partial charge in [0, 0.05) is 32.3 Å². The fraction of sp³-hybridized carbons (Fsp3) is 1.00. The van der Waals surface area contributed by atoms with E-state index in [-0.39, 0.29) is 11.2 Å². The van der Waals surface area contributed by atoms with E-state index >= 15 is 0 Å². The monoisotopic (exact) mass is 285 g/mol. The van der Waals surface area contributed by atoms with E-state index in [1.807, 2.05) is 0 Å². The molecule has 2 saturated heterocycles. The molecular weight excluding hydrogens is 254 g/mol. The SMILES string of the molecule is CCOC(C)(CC)C(NC)C1CCOC2(CCOC2)C1. The number of ether oxygens (including phenoxy) is 3. The van der Waals surface area contributed by atoms with Gasteiger partial charge in [-0.1, -0.05) is 6.92 Å². The predicted molar refractivity (Wildman–Crippen MR) is 80.0 cm³/mol. The van der Waals surface area contributed by atoms with Crippen molar-refractivity contribution in [1.82, 2.24) is 5.32 Å². The minimum Gasteiger partial charge on any atom is -0.378 e. The first kappa shape index (κ1) is 16.2. The van der Waals surface area contributed by atoms with Gasteiger partial charge in [0.25, 0.3) is 0 Å². The summed E-state index contributed by atoms with van der Waals surface area (Å²) < 4.78 is 17.7. The zero-order valence-corrected chi connectivity index (χ0v) is 13.5. The van der Waals surface area contributed by atoms with Crippen LogP contribution in [0.2, 0.25) is 0 Å². The largest absolute Gasteiger partial charge is 0.378 e. The Morgan fingerprint density at radius 1 is 1.40 bits per heavy atom. The molecule has 118 valence electrons. The summed E-state index contributed by atoms with van der Waals surface area (Å²) >= 11 is 0. The molecule has 0 aromatic carbocycles. The Morgan fingerprint density at radius 2 is 2.20 bits per heavy atom. The minimum atomic E-state index is -0.105. The molecule has 2 fully saturated rings. The van der Waals surface area contributed by atoms with Crippen LogP contribution in [0.25, 0.3) is 0 Å². The first-order valence-electron chi connectivity index (χ1n) is 8.12. The van der Waals surface area contributed by atoms with Crippen molar-refractivity contribution in [3.05, 3.63) is 0 Å². The van der Waals surface area contributed by atoms with E-state index in [1.54, 1.807) is 0 Å². The lowest BCUT2D eigenvalue weighted by atomic mass is 9.75. The van der Waals surface area contributed by atoms with Crippen LogP contribution in [0.3, 0.4) is 0 Å². The average Bonchev–Trinajstić information content (AvgIpc) is 2.88.